The highest BCUT2D eigenvalue weighted by molar-refractivity contribution is 6.30. The summed E-state index contributed by atoms with van der Waals surface area (Å²) in [5.41, 5.74) is 8.19. The summed E-state index contributed by atoms with van der Waals surface area (Å²) in [4.78, 5) is 23.7. The van der Waals surface area contributed by atoms with Gasteiger partial charge in [0.1, 0.15) is 5.82 Å². The van der Waals surface area contributed by atoms with Gasteiger partial charge in [-0.05, 0) is 50.7 Å². The van der Waals surface area contributed by atoms with Crippen molar-refractivity contribution >= 4 is 23.5 Å². The molecule has 1 aliphatic heterocycles. The summed E-state index contributed by atoms with van der Waals surface area (Å²) in [6.45, 7) is 3.63. The lowest BCUT2D eigenvalue weighted by Gasteiger charge is -2.21. The topological polar surface area (TPSA) is 109 Å². The maximum atomic E-state index is 12.2. The van der Waals surface area contributed by atoms with Crippen LogP contribution in [0.25, 0.3) is 5.82 Å². The Bertz CT molecular complexity index is 1130. The SMILES string of the molecule is Cc1cnc(NC2CCN(C)C2)nc1-n1ccc(C(N)=O)c1[C@@H](CO)c1cccc(Cl)c1. The number of likely N-dealkylation sites (tertiary alicyclic amines) is 1. The fourth-order valence-corrected chi connectivity index (χ4v) is 4.45. The minimum atomic E-state index is -0.571. The van der Waals surface area contributed by atoms with Crippen LogP contribution >= 0.6 is 11.6 Å². The first-order valence-corrected chi connectivity index (χ1v) is 10.9. The van der Waals surface area contributed by atoms with E-state index in [1.165, 1.54) is 0 Å². The van der Waals surface area contributed by atoms with Crippen molar-refractivity contribution in [2.45, 2.75) is 25.3 Å². The molecule has 3 aromatic rings. The molecule has 8 nitrogen and oxygen atoms in total. The van der Waals surface area contributed by atoms with E-state index in [1.54, 1.807) is 30.6 Å². The number of carbonyl (C=O) groups excluding carboxylic acids is 1. The zero-order chi connectivity index (χ0) is 22.8. The molecule has 0 radical (unpaired) electrons. The zero-order valence-electron chi connectivity index (χ0n) is 18.1. The molecule has 0 bridgehead atoms. The molecule has 32 heavy (non-hydrogen) atoms. The molecule has 1 fully saturated rings. The fraction of sp³-hybridized carbons (Fsp3) is 0.348. The smallest absolute Gasteiger partial charge is 0.250 e. The van der Waals surface area contributed by atoms with Gasteiger partial charge in [-0.15, -0.1) is 0 Å². The number of nitrogens with zero attached hydrogens (tertiary/aromatic N) is 4. The Balaban J connectivity index is 1.79. The van der Waals surface area contributed by atoms with Gasteiger partial charge in [-0.1, -0.05) is 23.7 Å². The highest BCUT2D eigenvalue weighted by Crippen LogP contribution is 2.32. The van der Waals surface area contributed by atoms with Crippen molar-refractivity contribution in [3.05, 3.63) is 70.1 Å². The Kier molecular flexibility index (Phi) is 6.45. The van der Waals surface area contributed by atoms with Gasteiger partial charge in [0.25, 0.3) is 5.91 Å². The number of likely N-dealkylation sites (N-methyl/N-ethyl adjacent to an activating group) is 1. The molecule has 4 N–H and O–H groups in total. The standard InChI is InChI=1S/C23H27ClN6O2/c1-14-11-26-23(27-17-6-8-29(2)12-17)28-22(14)30-9-7-18(21(25)32)20(30)19(13-31)15-4-3-5-16(24)10-15/h3-5,7,9-11,17,19,31H,6,8,12-13H2,1-2H3,(H2,25,32)(H,26,27,28)/t17?,19-/m0/s1. The van der Waals surface area contributed by atoms with Crippen LogP contribution in [-0.4, -0.2) is 63.2 Å². The van der Waals surface area contributed by atoms with Crippen molar-refractivity contribution in [1.29, 1.82) is 0 Å². The van der Waals surface area contributed by atoms with Crippen LogP contribution in [0.15, 0.2) is 42.7 Å². The summed E-state index contributed by atoms with van der Waals surface area (Å²) in [6.07, 6.45) is 4.53. The number of rotatable bonds is 7. The molecule has 1 unspecified atom stereocenters. The third-order valence-corrected chi connectivity index (χ3v) is 6.09. The van der Waals surface area contributed by atoms with Gasteiger partial charge >= 0.3 is 0 Å². The molecule has 168 valence electrons. The van der Waals surface area contributed by atoms with Crippen molar-refractivity contribution in [2.24, 2.45) is 5.73 Å². The molecule has 4 rings (SSSR count). The van der Waals surface area contributed by atoms with Crippen molar-refractivity contribution < 1.29 is 9.90 Å². The molecular weight excluding hydrogens is 428 g/mol. The van der Waals surface area contributed by atoms with Crippen LogP contribution in [0, 0.1) is 6.92 Å². The van der Waals surface area contributed by atoms with Gasteiger partial charge in [0.15, 0.2) is 0 Å². The monoisotopic (exact) mass is 454 g/mol. The molecular formula is C23H27ClN6O2. The number of anilines is 1. The average molecular weight is 455 g/mol. The third-order valence-electron chi connectivity index (χ3n) is 5.85. The summed E-state index contributed by atoms with van der Waals surface area (Å²) in [5.74, 6) is 0.0602. The highest BCUT2D eigenvalue weighted by Gasteiger charge is 2.26. The summed E-state index contributed by atoms with van der Waals surface area (Å²) < 4.78 is 1.81. The minimum Gasteiger partial charge on any atom is -0.395 e. The number of hydrogen-bond donors (Lipinski definition) is 3. The molecule has 0 saturated carbocycles. The predicted octanol–water partition coefficient (Wildman–Crippen LogP) is 2.57. The van der Waals surface area contributed by atoms with Crippen molar-refractivity contribution in [3.63, 3.8) is 0 Å². The maximum absolute atomic E-state index is 12.2. The number of benzene rings is 1. The number of nitrogens with one attached hydrogen (secondary N) is 1. The van der Waals surface area contributed by atoms with Crippen LogP contribution in [0.1, 0.15) is 39.5 Å². The Morgan fingerprint density at radius 1 is 1.41 bits per heavy atom. The summed E-state index contributed by atoms with van der Waals surface area (Å²) >= 11 is 6.19. The largest absolute Gasteiger partial charge is 0.395 e. The van der Waals surface area contributed by atoms with Crippen molar-refractivity contribution in [3.8, 4) is 5.82 Å². The lowest BCUT2D eigenvalue weighted by Crippen LogP contribution is -2.25. The summed E-state index contributed by atoms with van der Waals surface area (Å²) in [6, 6.07) is 9.16. The molecule has 1 aliphatic rings. The maximum Gasteiger partial charge on any atom is 0.250 e. The number of primary amides is 1. The summed E-state index contributed by atoms with van der Waals surface area (Å²) in [7, 11) is 2.09. The fourth-order valence-electron chi connectivity index (χ4n) is 4.25. The number of aliphatic hydroxyl groups is 1. The number of aliphatic hydroxyl groups excluding tert-OH is 1. The van der Waals surface area contributed by atoms with Crippen LogP contribution in [-0.2, 0) is 0 Å². The number of amides is 1. The van der Waals surface area contributed by atoms with E-state index in [0.717, 1.165) is 30.6 Å². The van der Waals surface area contributed by atoms with Gasteiger partial charge in [0, 0.05) is 47.2 Å². The molecule has 0 aliphatic carbocycles. The molecule has 3 heterocycles. The van der Waals surface area contributed by atoms with E-state index < -0.39 is 11.8 Å². The van der Waals surface area contributed by atoms with Crippen LogP contribution in [0.4, 0.5) is 5.95 Å². The molecule has 2 atom stereocenters. The first-order valence-electron chi connectivity index (χ1n) is 10.5. The van der Waals surface area contributed by atoms with Crippen LogP contribution in [0.2, 0.25) is 5.02 Å². The summed E-state index contributed by atoms with van der Waals surface area (Å²) in [5, 5.41) is 14.3. The Morgan fingerprint density at radius 2 is 2.22 bits per heavy atom. The van der Waals surface area contributed by atoms with Gasteiger partial charge in [0.05, 0.1) is 12.2 Å². The van der Waals surface area contributed by atoms with E-state index in [0.29, 0.717) is 28.0 Å². The molecule has 2 aromatic heterocycles. The first-order chi connectivity index (χ1) is 15.4. The Hall–Kier alpha value is -2.94. The molecule has 1 saturated heterocycles. The Morgan fingerprint density at radius 3 is 2.88 bits per heavy atom. The number of hydrogen-bond acceptors (Lipinski definition) is 6. The second-order valence-corrected chi connectivity index (χ2v) is 8.67. The molecule has 1 amide bonds. The van der Waals surface area contributed by atoms with Gasteiger partial charge < -0.3 is 25.6 Å². The highest BCUT2D eigenvalue weighted by atomic mass is 35.5. The van der Waals surface area contributed by atoms with Crippen molar-refractivity contribution in [1.82, 2.24) is 19.4 Å². The molecule has 0 spiro atoms. The number of carbonyl (C=O) groups is 1. The zero-order valence-corrected chi connectivity index (χ0v) is 18.9. The second-order valence-electron chi connectivity index (χ2n) is 8.23. The van der Waals surface area contributed by atoms with E-state index in [9.17, 15) is 9.90 Å². The quantitative estimate of drug-likeness (QED) is 0.506. The lowest BCUT2D eigenvalue weighted by atomic mass is 9.93. The van der Waals surface area contributed by atoms with Crippen LogP contribution < -0.4 is 11.1 Å². The third kappa shape index (κ3) is 4.48. The van der Waals surface area contributed by atoms with Gasteiger partial charge in [0.2, 0.25) is 5.95 Å². The van der Waals surface area contributed by atoms with Crippen LogP contribution in [0.3, 0.4) is 0 Å². The normalized spacial score (nSPS) is 17.4. The van der Waals surface area contributed by atoms with Gasteiger partial charge in [-0.25, -0.2) is 4.98 Å². The predicted molar refractivity (Wildman–Crippen MR) is 125 cm³/mol. The van der Waals surface area contributed by atoms with Crippen LogP contribution in [0.5, 0.6) is 0 Å². The van der Waals surface area contributed by atoms with Gasteiger partial charge in [-0.3, -0.25) is 4.79 Å². The number of aromatic nitrogens is 3. The number of aryl methyl sites for hydroxylation is 1. The number of halogens is 1. The van der Waals surface area contributed by atoms with Gasteiger partial charge in [-0.2, -0.15) is 4.98 Å². The minimum absolute atomic E-state index is 0.228. The van der Waals surface area contributed by atoms with E-state index in [2.05, 4.69) is 22.2 Å². The first kappa shape index (κ1) is 22.3. The van der Waals surface area contributed by atoms with E-state index in [4.69, 9.17) is 22.3 Å². The molecule has 1 aromatic carbocycles. The van der Waals surface area contributed by atoms with E-state index >= 15 is 0 Å². The number of nitrogens with two attached hydrogens (primary N) is 1. The van der Waals surface area contributed by atoms with E-state index in [-0.39, 0.29) is 12.6 Å². The van der Waals surface area contributed by atoms with E-state index in [1.807, 2.05) is 23.6 Å². The lowest BCUT2D eigenvalue weighted by molar-refractivity contribution is 0.0999. The molecule has 9 heteroatoms. The average Bonchev–Trinajstić information content (AvgIpc) is 3.37. The second kappa shape index (κ2) is 9.28. The Labute approximate surface area is 192 Å². The van der Waals surface area contributed by atoms with Crippen molar-refractivity contribution in [2.75, 3.05) is 32.1 Å².